The summed E-state index contributed by atoms with van der Waals surface area (Å²) in [5.74, 6) is 0. The van der Waals surface area contributed by atoms with Crippen LogP contribution in [0.3, 0.4) is 0 Å². The minimum Gasteiger partial charge on any atom is -0.379 e. The van der Waals surface area contributed by atoms with E-state index < -0.39 is 0 Å². The van der Waals surface area contributed by atoms with Crippen molar-refractivity contribution < 1.29 is 4.74 Å². The number of nitrogens with one attached hydrogen (secondary N) is 1. The molecule has 1 fully saturated rings. The second-order valence-electron chi connectivity index (χ2n) is 6.61. The van der Waals surface area contributed by atoms with Gasteiger partial charge in [0, 0.05) is 31.2 Å². The Kier molecular flexibility index (Phi) is 5.80. The van der Waals surface area contributed by atoms with Gasteiger partial charge in [0.25, 0.3) is 0 Å². The number of benzene rings is 1. The van der Waals surface area contributed by atoms with Gasteiger partial charge in [-0.15, -0.1) is 0 Å². The first-order valence-electron chi connectivity index (χ1n) is 8.18. The van der Waals surface area contributed by atoms with Crippen LogP contribution < -0.4 is 5.32 Å². The van der Waals surface area contributed by atoms with Crippen LogP contribution in [0.4, 0.5) is 0 Å². The van der Waals surface area contributed by atoms with Gasteiger partial charge in [-0.3, -0.25) is 4.90 Å². The maximum Gasteiger partial charge on any atom is 0.0594 e. The summed E-state index contributed by atoms with van der Waals surface area (Å²) in [6, 6.07) is 9.36. The zero-order valence-electron chi connectivity index (χ0n) is 14.0. The van der Waals surface area contributed by atoms with Crippen molar-refractivity contribution in [3.63, 3.8) is 0 Å². The third-order valence-electron chi connectivity index (χ3n) is 4.60. The summed E-state index contributed by atoms with van der Waals surface area (Å²) in [7, 11) is 0. The molecule has 0 bridgehead atoms. The van der Waals surface area contributed by atoms with E-state index in [2.05, 4.69) is 62.2 Å². The molecular weight excluding hydrogens is 260 g/mol. The van der Waals surface area contributed by atoms with Crippen LogP contribution in [0.5, 0.6) is 0 Å². The molecule has 1 N–H and O–H groups in total. The van der Waals surface area contributed by atoms with E-state index in [9.17, 15) is 0 Å². The Balaban J connectivity index is 1.88. The first-order chi connectivity index (χ1) is 10.0. The minimum atomic E-state index is 0.168. The Hall–Kier alpha value is -0.900. The molecule has 1 aliphatic heterocycles. The molecule has 1 unspecified atom stereocenters. The average Bonchev–Trinajstić information content (AvgIpc) is 2.53. The summed E-state index contributed by atoms with van der Waals surface area (Å²) in [5.41, 5.74) is 2.94. The van der Waals surface area contributed by atoms with E-state index in [0.717, 1.165) is 39.3 Å². The van der Waals surface area contributed by atoms with E-state index >= 15 is 0 Å². The van der Waals surface area contributed by atoms with Gasteiger partial charge in [-0.1, -0.05) is 31.2 Å². The van der Waals surface area contributed by atoms with Gasteiger partial charge in [-0.05, 0) is 38.3 Å². The fourth-order valence-electron chi connectivity index (χ4n) is 2.84. The van der Waals surface area contributed by atoms with E-state index in [1.54, 1.807) is 0 Å². The van der Waals surface area contributed by atoms with E-state index in [-0.39, 0.29) is 5.54 Å². The number of rotatable bonds is 6. The Bertz CT molecular complexity index is 421. The van der Waals surface area contributed by atoms with Gasteiger partial charge in [0.05, 0.1) is 13.2 Å². The normalized spacial score (nSPS) is 18.7. The summed E-state index contributed by atoms with van der Waals surface area (Å²) in [5, 5.41) is 3.69. The lowest BCUT2D eigenvalue weighted by atomic mass is 10.00. The number of morpholine rings is 1. The van der Waals surface area contributed by atoms with E-state index in [1.165, 1.54) is 11.1 Å². The first-order valence-corrected chi connectivity index (χ1v) is 8.18. The molecule has 3 nitrogen and oxygen atoms in total. The highest BCUT2D eigenvalue weighted by molar-refractivity contribution is 5.24. The van der Waals surface area contributed by atoms with E-state index in [0.29, 0.717) is 6.04 Å². The highest BCUT2D eigenvalue weighted by Crippen LogP contribution is 2.18. The van der Waals surface area contributed by atoms with Crippen LogP contribution in [-0.4, -0.2) is 43.3 Å². The molecule has 1 saturated heterocycles. The molecule has 1 aromatic carbocycles. The molecule has 118 valence electrons. The van der Waals surface area contributed by atoms with Crippen molar-refractivity contribution in [3.8, 4) is 0 Å². The van der Waals surface area contributed by atoms with E-state index in [1.807, 2.05) is 0 Å². The van der Waals surface area contributed by atoms with Crippen molar-refractivity contribution in [2.45, 2.75) is 45.7 Å². The van der Waals surface area contributed by atoms with Crippen molar-refractivity contribution in [2.75, 3.05) is 32.8 Å². The molecule has 1 aliphatic rings. The second-order valence-corrected chi connectivity index (χ2v) is 6.61. The predicted molar refractivity (Wildman–Crippen MR) is 88.7 cm³/mol. The lowest BCUT2D eigenvalue weighted by Crippen LogP contribution is -2.54. The van der Waals surface area contributed by atoms with Crippen LogP contribution in [0.15, 0.2) is 24.3 Å². The molecule has 0 saturated carbocycles. The number of nitrogens with zero attached hydrogens (tertiary/aromatic N) is 1. The van der Waals surface area contributed by atoms with Crippen molar-refractivity contribution in [2.24, 2.45) is 0 Å². The standard InChI is InChI=1S/C18H30N2O/c1-5-16-6-8-17(9-7-16)15(2)19-14-18(3,4)20-10-12-21-13-11-20/h6-9,15,19H,5,10-14H2,1-4H3. The van der Waals surface area contributed by atoms with Crippen LogP contribution >= 0.6 is 0 Å². The van der Waals surface area contributed by atoms with Gasteiger partial charge in [0.15, 0.2) is 0 Å². The highest BCUT2D eigenvalue weighted by Gasteiger charge is 2.28. The Morgan fingerprint density at radius 2 is 1.81 bits per heavy atom. The lowest BCUT2D eigenvalue weighted by molar-refractivity contribution is -0.0102. The fourth-order valence-corrected chi connectivity index (χ4v) is 2.84. The quantitative estimate of drug-likeness (QED) is 0.871. The smallest absolute Gasteiger partial charge is 0.0594 e. The average molecular weight is 290 g/mol. The third-order valence-corrected chi connectivity index (χ3v) is 4.60. The Morgan fingerprint density at radius 3 is 2.38 bits per heavy atom. The molecule has 0 amide bonds. The molecule has 0 radical (unpaired) electrons. The molecule has 2 rings (SSSR count). The third kappa shape index (κ3) is 4.53. The summed E-state index contributed by atoms with van der Waals surface area (Å²) in [6.45, 7) is 13.9. The number of hydrogen-bond donors (Lipinski definition) is 1. The van der Waals surface area contributed by atoms with E-state index in [4.69, 9.17) is 4.74 Å². The Morgan fingerprint density at radius 1 is 1.19 bits per heavy atom. The maximum absolute atomic E-state index is 5.45. The topological polar surface area (TPSA) is 24.5 Å². The summed E-state index contributed by atoms with van der Waals surface area (Å²) < 4.78 is 5.45. The van der Waals surface area contributed by atoms with Crippen LogP contribution in [0.2, 0.25) is 0 Å². The monoisotopic (exact) mass is 290 g/mol. The zero-order chi connectivity index (χ0) is 15.3. The van der Waals surface area contributed by atoms with Gasteiger partial charge >= 0.3 is 0 Å². The molecule has 1 aromatic rings. The zero-order valence-corrected chi connectivity index (χ0v) is 14.0. The van der Waals surface area contributed by atoms with Crippen LogP contribution in [0.1, 0.15) is 44.9 Å². The van der Waals surface area contributed by atoms with Gasteiger partial charge < -0.3 is 10.1 Å². The SMILES string of the molecule is CCc1ccc(C(C)NCC(C)(C)N2CCOCC2)cc1. The van der Waals surface area contributed by atoms with Crippen molar-refractivity contribution in [1.29, 1.82) is 0 Å². The molecule has 3 heteroatoms. The maximum atomic E-state index is 5.45. The summed E-state index contributed by atoms with van der Waals surface area (Å²) >= 11 is 0. The van der Waals surface area contributed by atoms with Gasteiger partial charge in [0.1, 0.15) is 0 Å². The summed E-state index contributed by atoms with van der Waals surface area (Å²) in [6.07, 6.45) is 1.10. The summed E-state index contributed by atoms with van der Waals surface area (Å²) in [4.78, 5) is 2.52. The molecule has 0 spiro atoms. The number of ether oxygens (including phenoxy) is 1. The molecule has 0 aromatic heterocycles. The fraction of sp³-hybridized carbons (Fsp3) is 0.667. The van der Waals surface area contributed by atoms with Gasteiger partial charge in [-0.2, -0.15) is 0 Å². The van der Waals surface area contributed by atoms with Crippen LogP contribution in [-0.2, 0) is 11.2 Å². The van der Waals surface area contributed by atoms with Gasteiger partial charge in [-0.25, -0.2) is 0 Å². The lowest BCUT2D eigenvalue weighted by Gasteiger charge is -2.41. The van der Waals surface area contributed by atoms with Crippen molar-refractivity contribution in [3.05, 3.63) is 35.4 Å². The highest BCUT2D eigenvalue weighted by atomic mass is 16.5. The molecule has 1 heterocycles. The molecule has 1 atom stereocenters. The largest absolute Gasteiger partial charge is 0.379 e. The minimum absolute atomic E-state index is 0.168. The predicted octanol–water partition coefficient (Wildman–Crippen LogP) is 3.01. The van der Waals surface area contributed by atoms with Crippen LogP contribution in [0, 0.1) is 0 Å². The first kappa shape index (κ1) is 16.5. The molecule has 21 heavy (non-hydrogen) atoms. The molecule has 0 aliphatic carbocycles. The van der Waals surface area contributed by atoms with Crippen molar-refractivity contribution >= 4 is 0 Å². The van der Waals surface area contributed by atoms with Crippen molar-refractivity contribution in [1.82, 2.24) is 10.2 Å². The molecular formula is C18H30N2O. The van der Waals surface area contributed by atoms with Crippen LogP contribution in [0.25, 0.3) is 0 Å². The number of aryl methyl sites for hydroxylation is 1. The second kappa shape index (κ2) is 7.39. The number of hydrogen-bond acceptors (Lipinski definition) is 3. The van der Waals surface area contributed by atoms with Gasteiger partial charge in [0.2, 0.25) is 0 Å². The Labute approximate surface area is 129 Å².